The first kappa shape index (κ1) is 12.5. The predicted molar refractivity (Wildman–Crippen MR) is 38.7 cm³/mol. The van der Waals surface area contributed by atoms with Gasteiger partial charge in [-0.1, -0.05) is 0 Å². The Kier molecular flexibility index (Phi) is 5.54. The van der Waals surface area contributed by atoms with Crippen molar-refractivity contribution in [2.75, 3.05) is 6.61 Å². The molecule has 5 nitrogen and oxygen atoms in total. The zero-order valence-electron chi connectivity index (χ0n) is 6.94. The average molecular weight is 199 g/mol. The minimum Gasteiger partial charge on any atom is -0.479 e. The van der Waals surface area contributed by atoms with Gasteiger partial charge in [-0.2, -0.15) is 0 Å². The van der Waals surface area contributed by atoms with Crippen LogP contribution in [-0.2, 0) is 19.1 Å². The van der Waals surface area contributed by atoms with Crippen LogP contribution in [0.5, 0.6) is 0 Å². The first-order valence-corrected chi connectivity index (χ1v) is 3.21. The van der Waals surface area contributed by atoms with E-state index in [4.69, 9.17) is 5.11 Å². The number of carbonyl (C=O) groups is 2. The van der Waals surface area contributed by atoms with Crippen molar-refractivity contribution in [3.8, 4) is 0 Å². The number of esters is 1. The minimum atomic E-state index is -1.12. The number of hydrogen-bond acceptors (Lipinski definition) is 4. The van der Waals surface area contributed by atoms with Crippen molar-refractivity contribution in [2.45, 2.75) is 19.1 Å². The number of carbonyl (C=O) groups excluding carboxylic acids is 1. The van der Waals surface area contributed by atoms with Crippen LogP contribution in [0.2, 0.25) is 0 Å². The Hall–Kier alpha value is 0.536. The van der Waals surface area contributed by atoms with E-state index >= 15 is 0 Å². The summed E-state index contributed by atoms with van der Waals surface area (Å²) in [6, 6.07) is 0. The molecule has 12 heavy (non-hydrogen) atoms. The third kappa shape index (κ3) is 3.12. The van der Waals surface area contributed by atoms with Gasteiger partial charge in [0.05, 0.1) is 6.61 Å². The molecule has 0 aromatic rings. The van der Waals surface area contributed by atoms with Crippen LogP contribution in [0.15, 0.2) is 0 Å². The van der Waals surface area contributed by atoms with Gasteiger partial charge in [0, 0.05) is 51.4 Å². The van der Waals surface area contributed by atoms with Crippen molar-refractivity contribution < 1.29 is 24.2 Å². The first-order chi connectivity index (χ1) is 5.16. The van der Waals surface area contributed by atoms with Gasteiger partial charge in [0.15, 0.2) is 12.2 Å². The molecular weight excluding hydrogens is 191 g/mol. The maximum atomic E-state index is 10.7. The number of ether oxygens (including phenoxy) is 2. The summed E-state index contributed by atoms with van der Waals surface area (Å²) in [4.78, 5) is 20.9. The summed E-state index contributed by atoms with van der Waals surface area (Å²) in [6.07, 6.45) is -1.87. The van der Waals surface area contributed by atoms with Crippen molar-refractivity contribution in [3.05, 3.63) is 0 Å². The molecule has 1 heterocycles. The summed E-state index contributed by atoms with van der Waals surface area (Å²) >= 11 is 0. The van der Waals surface area contributed by atoms with E-state index in [2.05, 4.69) is 9.47 Å². The van der Waals surface area contributed by atoms with E-state index in [-0.39, 0.29) is 58.0 Å². The fourth-order valence-corrected chi connectivity index (χ4v) is 0.704. The molecule has 1 aliphatic rings. The molecule has 1 aliphatic heterocycles. The van der Waals surface area contributed by atoms with Gasteiger partial charge in [-0.3, -0.25) is 0 Å². The van der Waals surface area contributed by atoms with Crippen LogP contribution < -0.4 is 0 Å². The molecule has 63 valence electrons. The van der Waals surface area contributed by atoms with Gasteiger partial charge < -0.3 is 14.6 Å². The third-order valence-corrected chi connectivity index (χ3v) is 1.25. The fraction of sp³-hybridized carbons (Fsp3) is 0.667. The molecule has 1 fully saturated rings. The Bertz CT molecular complexity index is 192. The molecule has 1 saturated heterocycles. The van der Waals surface area contributed by atoms with Crippen LogP contribution in [0.1, 0.15) is 6.92 Å². The van der Waals surface area contributed by atoms with E-state index in [0.29, 0.717) is 0 Å². The van der Waals surface area contributed by atoms with Gasteiger partial charge in [-0.15, -0.1) is 0 Å². The molecule has 1 N–H and O–H groups in total. The van der Waals surface area contributed by atoms with Gasteiger partial charge in [0.2, 0.25) is 0 Å². The van der Waals surface area contributed by atoms with Crippen LogP contribution in [-0.4, -0.2) is 87.2 Å². The molecule has 0 aromatic carbocycles. The van der Waals surface area contributed by atoms with Crippen LogP contribution in [0.4, 0.5) is 0 Å². The van der Waals surface area contributed by atoms with Gasteiger partial charge in [0.25, 0.3) is 0 Å². The SMILES string of the molecule is CCOC(=O)[C@H]1O[C@@H]1C(=O)O.[K]. The van der Waals surface area contributed by atoms with E-state index in [9.17, 15) is 9.59 Å². The monoisotopic (exact) mass is 199 g/mol. The number of epoxide rings is 1. The summed E-state index contributed by atoms with van der Waals surface area (Å²) in [6.45, 7) is 1.89. The largest absolute Gasteiger partial charge is 0.479 e. The second kappa shape index (κ2) is 5.31. The minimum absolute atomic E-state index is 0. The normalized spacial score (nSPS) is 25.4. The first-order valence-electron chi connectivity index (χ1n) is 3.21. The van der Waals surface area contributed by atoms with Crippen LogP contribution in [0.3, 0.4) is 0 Å². The molecule has 0 saturated carbocycles. The Morgan fingerprint density at radius 3 is 2.42 bits per heavy atom. The van der Waals surface area contributed by atoms with E-state index in [1.807, 2.05) is 0 Å². The Morgan fingerprint density at radius 2 is 2.08 bits per heavy atom. The number of rotatable bonds is 3. The van der Waals surface area contributed by atoms with Crippen molar-refractivity contribution in [3.63, 3.8) is 0 Å². The number of carboxylic acids is 1. The smallest absolute Gasteiger partial charge is 0.338 e. The maximum Gasteiger partial charge on any atom is 0.338 e. The summed E-state index contributed by atoms with van der Waals surface area (Å²) in [5, 5.41) is 8.31. The van der Waals surface area contributed by atoms with E-state index in [1.54, 1.807) is 6.92 Å². The molecule has 1 rings (SSSR count). The molecule has 0 spiro atoms. The summed E-state index contributed by atoms with van der Waals surface area (Å²) in [5.74, 6) is -1.72. The zero-order valence-corrected chi connectivity index (χ0v) is 10.1. The van der Waals surface area contributed by atoms with Crippen LogP contribution >= 0.6 is 0 Å². The molecule has 0 amide bonds. The van der Waals surface area contributed by atoms with Crippen LogP contribution in [0.25, 0.3) is 0 Å². The second-order valence-corrected chi connectivity index (χ2v) is 2.07. The second-order valence-electron chi connectivity index (χ2n) is 2.07. The number of carboxylic acid groups (broad SMARTS) is 1. The van der Waals surface area contributed by atoms with Crippen molar-refractivity contribution in [2.24, 2.45) is 0 Å². The Balaban J connectivity index is 0.00000121. The van der Waals surface area contributed by atoms with Gasteiger partial charge in [0.1, 0.15) is 0 Å². The predicted octanol–water partition coefficient (Wildman–Crippen LogP) is -0.979. The maximum absolute atomic E-state index is 10.7. The zero-order chi connectivity index (χ0) is 8.43. The van der Waals surface area contributed by atoms with Gasteiger partial charge in [-0.25, -0.2) is 9.59 Å². The molecular formula is C6H8KO5. The quantitative estimate of drug-likeness (QED) is 0.359. The molecule has 0 unspecified atom stereocenters. The van der Waals surface area contributed by atoms with Crippen molar-refractivity contribution in [1.29, 1.82) is 0 Å². The molecule has 6 heteroatoms. The van der Waals surface area contributed by atoms with Gasteiger partial charge >= 0.3 is 11.9 Å². The van der Waals surface area contributed by atoms with E-state index < -0.39 is 24.1 Å². The number of aliphatic carboxylic acids is 1. The standard InChI is InChI=1S/C6H8O5.K/c1-2-10-6(9)4-3(11-4)5(7)8;/h3-4H,2H2,1H3,(H,7,8);/t3-,4-;/m0./s1. The van der Waals surface area contributed by atoms with Gasteiger partial charge in [-0.05, 0) is 6.92 Å². The van der Waals surface area contributed by atoms with E-state index in [1.165, 1.54) is 0 Å². The Labute approximate surface area is 112 Å². The summed E-state index contributed by atoms with van der Waals surface area (Å²) in [5.41, 5.74) is 0. The van der Waals surface area contributed by atoms with Crippen LogP contribution in [0, 0.1) is 0 Å². The fourth-order valence-electron chi connectivity index (χ4n) is 0.704. The summed E-state index contributed by atoms with van der Waals surface area (Å²) in [7, 11) is 0. The third-order valence-electron chi connectivity index (χ3n) is 1.25. The molecule has 1 radical (unpaired) electrons. The van der Waals surface area contributed by atoms with E-state index in [0.717, 1.165) is 0 Å². The summed E-state index contributed by atoms with van der Waals surface area (Å²) < 4.78 is 9.04. The molecule has 0 aliphatic carbocycles. The number of hydrogen-bond donors (Lipinski definition) is 1. The molecule has 0 bridgehead atoms. The van der Waals surface area contributed by atoms with Crippen molar-refractivity contribution >= 4 is 63.3 Å². The Morgan fingerprint density at radius 1 is 1.50 bits per heavy atom. The topological polar surface area (TPSA) is 76.1 Å². The average Bonchev–Trinajstić information content (AvgIpc) is 2.65. The molecule has 0 aromatic heterocycles. The van der Waals surface area contributed by atoms with Crippen molar-refractivity contribution in [1.82, 2.24) is 0 Å². The molecule has 2 atom stereocenters.